The molecule has 1 heterocycles. The molecular weight excluding hydrogens is 459 g/mol. The van der Waals surface area contributed by atoms with Gasteiger partial charge < -0.3 is 10.1 Å². The van der Waals surface area contributed by atoms with Crippen molar-refractivity contribution in [3.8, 4) is 5.75 Å². The van der Waals surface area contributed by atoms with E-state index in [4.69, 9.17) is 4.74 Å². The van der Waals surface area contributed by atoms with Crippen LogP contribution in [-0.4, -0.2) is 43.5 Å². The van der Waals surface area contributed by atoms with Crippen molar-refractivity contribution in [3.63, 3.8) is 0 Å². The van der Waals surface area contributed by atoms with Crippen molar-refractivity contribution in [2.45, 2.75) is 12.2 Å². The SMILES string of the molecule is CN(CC(=O)Nc1ccccc1C(F)(F)F)CC(=O)N1c2ccccc2OCC1c1ccccc1. The van der Waals surface area contributed by atoms with E-state index in [1.54, 1.807) is 24.1 Å². The molecule has 0 aliphatic carbocycles. The monoisotopic (exact) mass is 483 g/mol. The Morgan fingerprint density at radius 3 is 2.37 bits per heavy atom. The van der Waals surface area contributed by atoms with Gasteiger partial charge in [0.15, 0.2) is 0 Å². The summed E-state index contributed by atoms with van der Waals surface area (Å²) in [6.45, 7) is -0.114. The number of hydrogen-bond donors (Lipinski definition) is 1. The van der Waals surface area contributed by atoms with Crippen LogP contribution in [0.2, 0.25) is 0 Å². The van der Waals surface area contributed by atoms with Crippen molar-refractivity contribution in [2.75, 3.05) is 37.0 Å². The molecular formula is C26H24F3N3O3. The average molecular weight is 483 g/mol. The van der Waals surface area contributed by atoms with E-state index in [0.717, 1.165) is 11.6 Å². The number of rotatable bonds is 6. The van der Waals surface area contributed by atoms with E-state index in [-0.39, 0.29) is 37.3 Å². The third-order valence-electron chi connectivity index (χ3n) is 5.61. The molecule has 35 heavy (non-hydrogen) atoms. The van der Waals surface area contributed by atoms with Gasteiger partial charge in [0.25, 0.3) is 0 Å². The Morgan fingerprint density at radius 1 is 0.971 bits per heavy atom. The highest BCUT2D eigenvalue weighted by molar-refractivity contribution is 5.98. The quantitative estimate of drug-likeness (QED) is 0.550. The van der Waals surface area contributed by atoms with E-state index in [2.05, 4.69) is 5.32 Å². The smallest absolute Gasteiger partial charge is 0.418 e. The Labute approximate surface area is 200 Å². The number of nitrogens with one attached hydrogen (secondary N) is 1. The zero-order valence-corrected chi connectivity index (χ0v) is 19.0. The number of para-hydroxylation sites is 3. The van der Waals surface area contributed by atoms with E-state index in [0.29, 0.717) is 11.4 Å². The molecule has 0 aromatic heterocycles. The lowest BCUT2D eigenvalue weighted by Gasteiger charge is -2.38. The molecule has 1 atom stereocenters. The van der Waals surface area contributed by atoms with Crippen LogP contribution in [0.25, 0.3) is 0 Å². The summed E-state index contributed by atoms with van der Waals surface area (Å²) in [5.41, 5.74) is 0.271. The van der Waals surface area contributed by atoms with E-state index in [9.17, 15) is 22.8 Å². The maximum atomic E-state index is 13.4. The standard InChI is InChI=1S/C26H24F3N3O3/c1-31(15-24(33)30-20-12-6-5-11-19(20)26(27,28)29)16-25(34)32-21-13-7-8-14-23(21)35-17-22(32)18-9-3-2-4-10-18/h2-14,22H,15-17H2,1H3,(H,30,33). The molecule has 9 heteroatoms. The van der Waals surface area contributed by atoms with Gasteiger partial charge in [-0.2, -0.15) is 13.2 Å². The number of nitrogens with zero attached hydrogens (tertiary/aromatic N) is 2. The summed E-state index contributed by atoms with van der Waals surface area (Å²) in [5.74, 6) is -0.336. The first-order chi connectivity index (χ1) is 16.7. The number of hydrogen-bond acceptors (Lipinski definition) is 4. The lowest BCUT2D eigenvalue weighted by Crippen LogP contribution is -2.46. The predicted molar refractivity (Wildman–Crippen MR) is 126 cm³/mol. The molecule has 0 spiro atoms. The zero-order chi connectivity index (χ0) is 25.0. The number of amides is 2. The number of halogens is 3. The number of ether oxygens (including phenoxy) is 1. The van der Waals surface area contributed by atoms with Crippen molar-refractivity contribution in [1.29, 1.82) is 0 Å². The van der Waals surface area contributed by atoms with Gasteiger partial charge in [0.1, 0.15) is 12.4 Å². The minimum Gasteiger partial charge on any atom is -0.489 e. The van der Waals surface area contributed by atoms with Gasteiger partial charge in [0.05, 0.1) is 36.1 Å². The van der Waals surface area contributed by atoms with Crippen LogP contribution in [0.4, 0.5) is 24.5 Å². The first-order valence-electron chi connectivity index (χ1n) is 11.0. The molecule has 0 saturated heterocycles. The second kappa shape index (κ2) is 10.2. The molecule has 3 aromatic rings. The molecule has 2 amide bonds. The normalized spacial score (nSPS) is 15.3. The number of alkyl halides is 3. The number of likely N-dealkylation sites (N-methyl/N-ethyl adjacent to an activating group) is 1. The van der Waals surface area contributed by atoms with Crippen molar-refractivity contribution in [1.82, 2.24) is 4.90 Å². The molecule has 0 fully saturated rings. The molecule has 0 bridgehead atoms. The second-order valence-electron chi connectivity index (χ2n) is 8.23. The molecule has 0 radical (unpaired) electrons. The van der Waals surface area contributed by atoms with Gasteiger partial charge in [0.2, 0.25) is 11.8 Å². The number of anilines is 2. The Hall–Kier alpha value is -3.85. The Kier molecular flexibility index (Phi) is 7.07. The summed E-state index contributed by atoms with van der Waals surface area (Å²) in [6, 6.07) is 21.1. The van der Waals surface area contributed by atoms with Crippen molar-refractivity contribution in [2.24, 2.45) is 0 Å². The van der Waals surface area contributed by atoms with Crippen LogP contribution in [0.5, 0.6) is 5.75 Å². The molecule has 1 N–H and O–H groups in total. The minimum atomic E-state index is -4.60. The number of carbonyl (C=O) groups excluding carboxylic acids is 2. The van der Waals surface area contributed by atoms with Gasteiger partial charge >= 0.3 is 6.18 Å². The molecule has 3 aromatic carbocycles. The molecule has 1 aliphatic heterocycles. The van der Waals surface area contributed by atoms with E-state index in [1.165, 1.54) is 23.1 Å². The minimum absolute atomic E-state index is 0.119. The largest absolute Gasteiger partial charge is 0.489 e. The second-order valence-corrected chi connectivity index (χ2v) is 8.23. The van der Waals surface area contributed by atoms with Crippen LogP contribution in [0.3, 0.4) is 0 Å². The highest BCUT2D eigenvalue weighted by Crippen LogP contribution is 2.39. The molecule has 182 valence electrons. The van der Waals surface area contributed by atoms with Crippen molar-refractivity contribution < 1.29 is 27.5 Å². The molecule has 0 saturated carbocycles. The topological polar surface area (TPSA) is 61.9 Å². The summed E-state index contributed by atoms with van der Waals surface area (Å²) < 4.78 is 45.5. The van der Waals surface area contributed by atoms with Crippen LogP contribution < -0.4 is 15.0 Å². The summed E-state index contributed by atoms with van der Waals surface area (Å²) in [7, 11) is 1.57. The van der Waals surface area contributed by atoms with Crippen molar-refractivity contribution >= 4 is 23.2 Å². The molecule has 6 nitrogen and oxygen atoms in total. The number of fused-ring (bicyclic) bond motifs is 1. The lowest BCUT2D eigenvalue weighted by atomic mass is 10.0. The van der Waals surface area contributed by atoms with Crippen LogP contribution in [0.15, 0.2) is 78.9 Å². The van der Waals surface area contributed by atoms with E-state index >= 15 is 0 Å². The summed E-state index contributed by atoms with van der Waals surface area (Å²) in [5, 5.41) is 2.31. The highest BCUT2D eigenvalue weighted by atomic mass is 19.4. The molecule has 4 rings (SSSR count). The third kappa shape index (κ3) is 5.63. The summed E-state index contributed by atoms with van der Waals surface area (Å²) in [6.07, 6.45) is -4.60. The van der Waals surface area contributed by atoms with Gasteiger partial charge in [-0.3, -0.25) is 19.4 Å². The van der Waals surface area contributed by atoms with E-state index < -0.39 is 17.6 Å². The van der Waals surface area contributed by atoms with Gasteiger partial charge in [-0.15, -0.1) is 0 Å². The first-order valence-corrected chi connectivity index (χ1v) is 11.0. The zero-order valence-electron chi connectivity index (χ0n) is 19.0. The fraction of sp³-hybridized carbons (Fsp3) is 0.231. The maximum Gasteiger partial charge on any atom is 0.418 e. The van der Waals surface area contributed by atoms with Gasteiger partial charge in [-0.05, 0) is 36.9 Å². The highest BCUT2D eigenvalue weighted by Gasteiger charge is 2.35. The van der Waals surface area contributed by atoms with Crippen LogP contribution in [0.1, 0.15) is 17.2 Å². The van der Waals surface area contributed by atoms with Gasteiger partial charge in [-0.1, -0.05) is 54.6 Å². The number of carbonyl (C=O) groups is 2. The molecule has 1 aliphatic rings. The average Bonchev–Trinajstić information content (AvgIpc) is 2.83. The van der Waals surface area contributed by atoms with Crippen LogP contribution in [0, 0.1) is 0 Å². The molecule has 1 unspecified atom stereocenters. The van der Waals surface area contributed by atoms with Crippen LogP contribution >= 0.6 is 0 Å². The predicted octanol–water partition coefficient (Wildman–Crippen LogP) is 4.74. The maximum absolute atomic E-state index is 13.4. The van der Waals surface area contributed by atoms with Gasteiger partial charge in [-0.25, -0.2) is 0 Å². The number of benzene rings is 3. The lowest BCUT2D eigenvalue weighted by molar-refractivity contribution is -0.137. The first kappa shape index (κ1) is 24.3. The van der Waals surface area contributed by atoms with E-state index in [1.807, 2.05) is 42.5 Å². The van der Waals surface area contributed by atoms with Gasteiger partial charge in [0, 0.05) is 0 Å². The third-order valence-corrected chi connectivity index (χ3v) is 5.61. The van der Waals surface area contributed by atoms with Crippen molar-refractivity contribution in [3.05, 3.63) is 90.0 Å². The Balaban J connectivity index is 1.48. The van der Waals surface area contributed by atoms with Crippen LogP contribution in [-0.2, 0) is 15.8 Å². The Morgan fingerprint density at radius 2 is 1.63 bits per heavy atom. The fourth-order valence-electron chi connectivity index (χ4n) is 4.06. The summed E-state index contributed by atoms with van der Waals surface area (Å²) in [4.78, 5) is 29.0. The fourth-order valence-corrected chi connectivity index (χ4v) is 4.06. The Bertz CT molecular complexity index is 1200. The summed E-state index contributed by atoms with van der Waals surface area (Å²) >= 11 is 0.